The first-order valence-electron chi connectivity index (χ1n) is 6.82. The SMILES string of the molecule is CCN(CCc1ccc(N)cn1)CC1CCCO1. The van der Waals surface area contributed by atoms with Crippen LogP contribution in [0, 0.1) is 0 Å². The average molecular weight is 249 g/mol. The smallest absolute Gasteiger partial charge is 0.0702 e. The summed E-state index contributed by atoms with van der Waals surface area (Å²) in [5, 5.41) is 0. The van der Waals surface area contributed by atoms with Crippen LogP contribution >= 0.6 is 0 Å². The molecule has 2 rings (SSSR count). The van der Waals surface area contributed by atoms with E-state index < -0.39 is 0 Å². The Morgan fingerprint density at radius 2 is 2.39 bits per heavy atom. The third-order valence-corrected chi connectivity index (χ3v) is 3.46. The van der Waals surface area contributed by atoms with Gasteiger partial charge < -0.3 is 15.4 Å². The topological polar surface area (TPSA) is 51.4 Å². The van der Waals surface area contributed by atoms with Crippen molar-refractivity contribution in [1.29, 1.82) is 0 Å². The summed E-state index contributed by atoms with van der Waals surface area (Å²) >= 11 is 0. The number of hydrogen-bond donors (Lipinski definition) is 1. The predicted octanol–water partition coefficient (Wildman–Crippen LogP) is 1.71. The highest BCUT2D eigenvalue weighted by molar-refractivity contribution is 5.34. The molecule has 0 aliphatic carbocycles. The fourth-order valence-corrected chi connectivity index (χ4v) is 2.31. The van der Waals surface area contributed by atoms with E-state index >= 15 is 0 Å². The molecule has 1 aromatic rings. The average Bonchev–Trinajstić information content (AvgIpc) is 2.89. The summed E-state index contributed by atoms with van der Waals surface area (Å²) < 4.78 is 5.68. The van der Waals surface area contributed by atoms with E-state index in [0.29, 0.717) is 6.10 Å². The van der Waals surface area contributed by atoms with Gasteiger partial charge in [-0.1, -0.05) is 6.92 Å². The zero-order valence-electron chi connectivity index (χ0n) is 11.1. The van der Waals surface area contributed by atoms with Gasteiger partial charge in [0.15, 0.2) is 0 Å². The molecule has 1 aromatic heterocycles. The van der Waals surface area contributed by atoms with Gasteiger partial charge in [0.05, 0.1) is 18.0 Å². The van der Waals surface area contributed by atoms with Gasteiger partial charge in [-0.15, -0.1) is 0 Å². The Bertz CT molecular complexity index is 347. The molecule has 1 atom stereocenters. The summed E-state index contributed by atoms with van der Waals surface area (Å²) in [6.07, 6.45) is 5.55. The van der Waals surface area contributed by atoms with Crippen LogP contribution in [-0.4, -0.2) is 42.2 Å². The Balaban J connectivity index is 1.77. The highest BCUT2D eigenvalue weighted by atomic mass is 16.5. The van der Waals surface area contributed by atoms with Crippen molar-refractivity contribution in [2.75, 3.05) is 32.0 Å². The Kier molecular flexibility index (Phi) is 4.96. The van der Waals surface area contributed by atoms with Crippen LogP contribution in [0.4, 0.5) is 5.69 Å². The van der Waals surface area contributed by atoms with Crippen molar-refractivity contribution < 1.29 is 4.74 Å². The van der Waals surface area contributed by atoms with Gasteiger partial charge >= 0.3 is 0 Å². The summed E-state index contributed by atoms with van der Waals surface area (Å²) in [6.45, 7) is 6.28. The number of aromatic nitrogens is 1. The van der Waals surface area contributed by atoms with E-state index in [1.54, 1.807) is 6.20 Å². The molecule has 2 N–H and O–H groups in total. The second kappa shape index (κ2) is 6.71. The molecule has 4 nitrogen and oxygen atoms in total. The molecule has 0 amide bonds. The molecule has 1 unspecified atom stereocenters. The van der Waals surface area contributed by atoms with Gasteiger partial charge in [0.2, 0.25) is 0 Å². The van der Waals surface area contributed by atoms with Crippen molar-refractivity contribution >= 4 is 5.69 Å². The maximum absolute atomic E-state index is 5.68. The van der Waals surface area contributed by atoms with Crippen molar-refractivity contribution in [3.05, 3.63) is 24.0 Å². The molecule has 100 valence electrons. The van der Waals surface area contributed by atoms with Crippen molar-refractivity contribution in [2.24, 2.45) is 0 Å². The molecule has 0 aromatic carbocycles. The number of nitrogens with zero attached hydrogens (tertiary/aromatic N) is 2. The first-order valence-corrected chi connectivity index (χ1v) is 6.82. The molecule has 0 spiro atoms. The van der Waals surface area contributed by atoms with E-state index in [4.69, 9.17) is 10.5 Å². The fourth-order valence-electron chi connectivity index (χ4n) is 2.31. The summed E-state index contributed by atoms with van der Waals surface area (Å²) in [4.78, 5) is 6.77. The van der Waals surface area contributed by atoms with E-state index in [9.17, 15) is 0 Å². The summed E-state index contributed by atoms with van der Waals surface area (Å²) in [5.74, 6) is 0. The lowest BCUT2D eigenvalue weighted by Gasteiger charge is -2.23. The van der Waals surface area contributed by atoms with Gasteiger partial charge in [0.1, 0.15) is 0 Å². The van der Waals surface area contributed by atoms with Gasteiger partial charge in [-0.05, 0) is 31.5 Å². The maximum Gasteiger partial charge on any atom is 0.0702 e. The molecule has 1 fully saturated rings. The van der Waals surface area contributed by atoms with E-state index in [2.05, 4.69) is 16.8 Å². The number of anilines is 1. The van der Waals surface area contributed by atoms with E-state index in [0.717, 1.165) is 44.0 Å². The minimum absolute atomic E-state index is 0.435. The van der Waals surface area contributed by atoms with Gasteiger partial charge in [0, 0.05) is 31.8 Å². The largest absolute Gasteiger partial charge is 0.397 e. The van der Waals surface area contributed by atoms with Crippen LogP contribution in [0.3, 0.4) is 0 Å². The molecule has 4 heteroatoms. The first-order chi connectivity index (χ1) is 8.78. The molecule has 0 radical (unpaired) electrons. The normalized spacial score (nSPS) is 19.6. The van der Waals surface area contributed by atoms with Crippen molar-refractivity contribution in [1.82, 2.24) is 9.88 Å². The molecule has 1 aliphatic heterocycles. The third kappa shape index (κ3) is 3.96. The molecule has 1 aliphatic rings. The number of likely N-dealkylation sites (N-methyl/N-ethyl adjacent to an activating group) is 1. The number of nitrogen functional groups attached to an aromatic ring is 1. The van der Waals surface area contributed by atoms with Crippen LogP contribution in [0.1, 0.15) is 25.5 Å². The molecule has 0 saturated carbocycles. The monoisotopic (exact) mass is 249 g/mol. The molecular formula is C14H23N3O. The van der Waals surface area contributed by atoms with E-state index in [1.807, 2.05) is 12.1 Å². The van der Waals surface area contributed by atoms with Crippen LogP contribution in [0.2, 0.25) is 0 Å². The first kappa shape index (κ1) is 13.3. The minimum Gasteiger partial charge on any atom is -0.397 e. The lowest BCUT2D eigenvalue weighted by molar-refractivity contribution is 0.0751. The maximum atomic E-state index is 5.68. The predicted molar refractivity (Wildman–Crippen MR) is 73.4 cm³/mol. The van der Waals surface area contributed by atoms with Gasteiger partial charge in [0.25, 0.3) is 0 Å². The Morgan fingerprint density at radius 3 is 3.00 bits per heavy atom. The Labute approximate surface area is 109 Å². The highest BCUT2D eigenvalue weighted by Gasteiger charge is 2.18. The number of rotatable bonds is 6. The van der Waals surface area contributed by atoms with Crippen molar-refractivity contribution in [3.63, 3.8) is 0 Å². The zero-order chi connectivity index (χ0) is 12.8. The molecule has 2 heterocycles. The Hall–Kier alpha value is -1.13. The summed E-state index contributed by atoms with van der Waals surface area (Å²) in [5.41, 5.74) is 7.46. The molecular weight excluding hydrogens is 226 g/mol. The zero-order valence-corrected chi connectivity index (χ0v) is 11.1. The highest BCUT2D eigenvalue weighted by Crippen LogP contribution is 2.13. The quantitative estimate of drug-likeness (QED) is 0.834. The standard InChI is InChI=1S/C14H23N3O/c1-2-17(11-14-4-3-9-18-14)8-7-13-6-5-12(15)10-16-13/h5-6,10,14H,2-4,7-9,11,15H2,1H3. The third-order valence-electron chi connectivity index (χ3n) is 3.46. The second-order valence-electron chi connectivity index (χ2n) is 4.86. The Morgan fingerprint density at radius 1 is 1.50 bits per heavy atom. The van der Waals surface area contributed by atoms with Crippen LogP contribution in [0.25, 0.3) is 0 Å². The number of ether oxygens (including phenoxy) is 1. The lowest BCUT2D eigenvalue weighted by atomic mass is 10.2. The lowest BCUT2D eigenvalue weighted by Crippen LogP contribution is -2.33. The van der Waals surface area contributed by atoms with Crippen LogP contribution in [-0.2, 0) is 11.2 Å². The molecule has 1 saturated heterocycles. The van der Waals surface area contributed by atoms with Crippen molar-refractivity contribution in [2.45, 2.75) is 32.3 Å². The second-order valence-corrected chi connectivity index (χ2v) is 4.86. The summed E-state index contributed by atoms with van der Waals surface area (Å²) in [6, 6.07) is 3.92. The van der Waals surface area contributed by atoms with E-state index in [1.165, 1.54) is 12.8 Å². The molecule has 0 bridgehead atoms. The van der Waals surface area contributed by atoms with Crippen LogP contribution in [0.5, 0.6) is 0 Å². The van der Waals surface area contributed by atoms with Crippen LogP contribution in [0.15, 0.2) is 18.3 Å². The number of hydrogen-bond acceptors (Lipinski definition) is 4. The van der Waals surface area contributed by atoms with Crippen molar-refractivity contribution in [3.8, 4) is 0 Å². The van der Waals surface area contributed by atoms with Gasteiger partial charge in [-0.2, -0.15) is 0 Å². The van der Waals surface area contributed by atoms with Gasteiger partial charge in [-0.3, -0.25) is 4.98 Å². The summed E-state index contributed by atoms with van der Waals surface area (Å²) in [7, 11) is 0. The minimum atomic E-state index is 0.435. The fraction of sp³-hybridized carbons (Fsp3) is 0.643. The van der Waals surface area contributed by atoms with Crippen LogP contribution < -0.4 is 5.73 Å². The van der Waals surface area contributed by atoms with Gasteiger partial charge in [-0.25, -0.2) is 0 Å². The number of nitrogens with two attached hydrogens (primary N) is 1. The molecule has 18 heavy (non-hydrogen) atoms. The number of pyridine rings is 1. The van der Waals surface area contributed by atoms with E-state index in [-0.39, 0.29) is 0 Å².